The number of halogens is 1. The van der Waals surface area contributed by atoms with Crippen LogP contribution in [0.25, 0.3) is 10.9 Å². The lowest BCUT2D eigenvalue weighted by atomic mass is 10.1. The van der Waals surface area contributed by atoms with Gasteiger partial charge in [0.2, 0.25) is 15.7 Å². The smallest absolute Gasteiger partial charge is 0.250 e. The number of sulfone groups is 1. The summed E-state index contributed by atoms with van der Waals surface area (Å²) in [7, 11) is -3.95. The van der Waals surface area contributed by atoms with Crippen molar-refractivity contribution in [3.8, 4) is 0 Å². The highest BCUT2D eigenvalue weighted by Crippen LogP contribution is 2.30. The Morgan fingerprint density at radius 1 is 0.938 bits per heavy atom. The van der Waals surface area contributed by atoms with Gasteiger partial charge in [-0.05, 0) is 42.5 Å². The molecule has 1 aromatic heterocycles. The van der Waals surface area contributed by atoms with Crippen molar-refractivity contribution in [2.75, 3.05) is 5.32 Å². The lowest BCUT2D eigenvalue weighted by Gasteiger charge is -2.10. The fourth-order valence-corrected chi connectivity index (χ4v) is 4.93. The summed E-state index contributed by atoms with van der Waals surface area (Å²) in [6, 6.07) is 17.6. The predicted octanol–water partition coefficient (Wildman–Crippen LogP) is 3.35. The Balaban J connectivity index is 1.70. The van der Waals surface area contributed by atoms with Crippen LogP contribution in [0.15, 0.2) is 88.8 Å². The average Bonchev–Trinajstić information content (AvgIpc) is 3.13. The Labute approximate surface area is 183 Å². The maximum atomic E-state index is 13.3. The first-order chi connectivity index (χ1) is 15.3. The fourth-order valence-electron chi connectivity index (χ4n) is 3.45. The number of nitrogens with two attached hydrogens (primary N) is 1. The van der Waals surface area contributed by atoms with Gasteiger partial charge in [-0.25, -0.2) is 12.8 Å². The summed E-state index contributed by atoms with van der Waals surface area (Å²) < 4.78 is 41.1. The third kappa shape index (κ3) is 3.97. The number of hydrogen-bond donors (Lipinski definition) is 2. The minimum Gasteiger partial charge on any atom is -0.366 e. The van der Waals surface area contributed by atoms with Gasteiger partial charge in [0.1, 0.15) is 12.4 Å². The van der Waals surface area contributed by atoms with E-state index in [1.54, 1.807) is 42.5 Å². The Kier molecular flexibility index (Phi) is 5.50. The van der Waals surface area contributed by atoms with Crippen molar-refractivity contribution in [2.45, 2.75) is 16.3 Å². The molecule has 0 aliphatic rings. The molecule has 7 nitrogen and oxygen atoms in total. The molecule has 0 radical (unpaired) electrons. The number of nitrogens with one attached hydrogen (secondary N) is 1. The first-order valence-electron chi connectivity index (χ1n) is 9.54. The Morgan fingerprint density at radius 2 is 1.59 bits per heavy atom. The molecule has 3 N–H and O–H groups in total. The summed E-state index contributed by atoms with van der Waals surface area (Å²) in [4.78, 5) is 24.2. The number of nitrogens with zero attached hydrogens (tertiary/aromatic N) is 1. The normalized spacial score (nSPS) is 11.4. The van der Waals surface area contributed by atoms with Crippen LogP contribution in [0.4, 0.5) is 10.1 Å². The maximum absolute atomic E-state index is 13.3. The van der Waals surface area contributed by atoms with Gasteiger partial charge in [0.05, 0.1) is 21.0 Å². The van der Waals surface area contributed by atoms with Crippen molar-refractivity contribution in [3.05, 3.63) is 90.4 Å². The summed E-state index contributed by atoms with van der Waals surface area (Å²) in [5.74, 6) is -1.69. The molecule has 32 heavy (non-hydrogen) atoms. The number of primary amides is 1. The minimum absolute atomic E-state index is 0.00467. The molecule has 0 bridgehead atoms. The van der Waals surface area contributed by atoms with E-state index in [0.717, 1.165) is 12.1 Å². The van der Waals surface area contributed by atoms with E-state index in [-0.39, 0.29) is 27.6 Å². The second-order valence-electron chi connectivity index (χ2n) is 7.05. The lowest BCUT2D eigenvalue weighted by Crippen LogP contribution is -2.21. The van der Waals surface area contributed by atoms with Gasteiger partial charge in [0, 0.05) is 17.1 Å². The maximum Gasteiger partial charge on any atom is 0.250 e. The van der Waals surface area contributed by atoms with Gasteiger partial charge in [-0.1, -0.05) is 30.3 Å². The second-order valence-corrected chi connectivity index (χ2v) is 8.97. The van der Waals surface area contributed by atoms with Crippen LogP contribution in [0.5, 0.6) is 0 Å². The van der Waals surface area contributed by atoms with Crippen LogP contribution in [-0.2, 0) is 21.2 Å². The van der Waals surface area contributed by atoms with Gasteiger partial charge in [0.15, 0.2) is 0 Å². The second kappa shape index (κ2) is 8.27. The molecule has 4 rings (SSSR count). The first kappa shape index (κ1) is 21.3. The highest BCUT2D eigenvalue weighted by atomic mass is 32.2. The van der Waals surface area contributed by atoms with Crippen LogP contribution >= 0.6 is 0 Å². The summed E-state index contributed by atoms with van der Waals surface area (Å²) in [5, 5.41) is 3.07. The number of para-hydroxylation sites is 2. The van der Waals surface area contributed by atoms with Crippen LogP contribution in [-0.4, -0.2) is 24.8 Å². The predicted molar refractivity (Wildman–Crippen MR) is 117 cm³/mol. The van der Waals surface area contributed by atoms with E-state index in [0.29, 0.717) is 10.9 Å². The molecule has 0 saturated carbocycles. The van der Waals surface area contributed by atoms with Crippen LogP contribution in [0.3, 0.4) is 0 Å². The summed E-state index contributed by atoms with van der Waals surface area (Å²) in [6.45, 7) is -0.202. The van der Waals surface area contributed by atoms with Crippen LogP contribution in [0.1, 0.15) is 10.4 Å². The van der Waals surface area contributed by atoms with Crippen molar-refractivity contribution < 1.29 is 22.4 Å². The van der Waals surface area contributed by atoms with Crippen LogP contribution in [0.2, 0.25) is 0 Å². The topological polar surface area (TPSA) is 111 Å². The molecule has 2 amide bonds. The van der Waals surface area contributed by atoms with Crippen LogP contribution in [0, 0.1) is 5.82 Å². The van der Waals surface area contributed by atoms with Gasteiger partial charge < -0.3 is 15.6 Å². The SMILES string of the molecule is NC(=O)c1ccccc1NC(=O)Cn1cc(S(=O)(=O)c2ccc(F)cc2)c2ccccc21. The first-order valence-corrected chi connectivity index (χ1v) is 11.0. The van der Waals surface area contributed by atoms with Gasteiger partial charge in [-0.3, -0.25) is 9.59 Å². The van der Waals surface area contributed by atoms with Gasteiger partial charge in [-0.15, -0.1) is 0 Å². The van der Waals surface area contributed by atoms with E-state index in [4.69, 9.17) is 5.73 Å². The van der Waals surface area contributed by atoms with E-state index < -0.39 is 27.5 Å². The number of hydrogen-bond acceptors (Lipinski definition) is 4. The lowest BCUT2D eigenvalue weighted by molar-refractivity contribution is -0.116. The molecule has 0 fully saturated rings. The molecular formula is C23H18FN3O4S. The zero-order valence-electron chi connectivity index (χ0n) is 16.7. The number of rotatable bonds is 6. The van der Waals surface area contributed by atoms with Gasteiger partial charge in [0.25, 0.3) is 5.91 Å². The zero-order valence-corrected chi connectivity index (χ0v) is 17.5. The third-order valence-corrected chi connectivity index (χ3v) is 6.74. The van der Waals surface area contributed by atoms with Gasteiger partial charge in [-0.2, -0.15) is 0 Å². The van der Waals surface area contributed by atoms with Gasteiger partial charge >= 0.3 is 0 Å². The minimum atomic E-state index is -3.95. The standard InChI is InChI=1S/C23H18FN3O4S/c24-15-9-11-16(12-10-15)32(30,31)21-13-27(20-8-4-2-6-18(20)21)14-22(28)26-19-7-3-1-5-17(19)23(25)29/h1-13H,14H2,(H2,25,29)(H,26,28). The summed E-state index contributed by atoms with van der Waals surface area (Å²) in [6.07, 6.45) is 1.38. The Hall–Kier alpha value is -3.98. The number of carbonyl (C=O) groups excluding carboxylic acids is 2. The van der Waals surface area contributed by atoms with E-state index in [9.17, 15) is 22.4 Å². The zero-order chi connectivity index (χ0) is 22.9. The molecule has 0 aliphatic carbocycles. The Bertz CT molecular complexity index is 1440. The van der Waals surface area contributed by atoms with E-state index >= 15 is 0 Å². The summed E-state index contributed by atoms with van der Waals surface area (Å²) in [5.41, 5.74) is 6.31. The summed E-state index contributed by atoms with van der Waals surface area (Å²) >= 11 is 0. The van der Waals surface area contributed by atoms with Crippen molar-refractivity contribution in [1.29, 1.82) is 0 Å². The van der Waals surface area contributed by atoms with Crippen molar-refractivity contribution in [3.63, 3.8) is 0 Å². The monoisotopic (exact) mass is 451 g/mol. The molecule has 0 aliphatic heterocycles. The highest BCUT2D eigenvalue weighted by molar-refractivity contribution is 7.91. The molecule has 3 aromatic carbocycles. The molecule has 1 heterocycles. The Morgan fingerprint density at radius 3 is 2.31 bits per heavy atom. The number of amides is 2. The highest BCUT2D eigenvalue weighted by Gasteiger charge is 2.24. The number of fused-ring (bicyclic) bond motifs is 1. The number of benzene rings is 3. The quantitative estimate of drug-likeness (QED) is 0.438. The number of aromatic nitrogens is 1. The fraction of sp³-hybridized carbons (Fsp3) is 0.0435. The van der Waals surface area contributed by atoms with E-state index in [1.165, 1.54) is 29.0 Å². The molecule has 4 aromatic rings. The molecule has 0 atom stereocenters. The molecule has 0 saturated heterocycles. The molecular weight excluding hydrogens is 433 g/mol. The third-order valence-electron chi connectivity index (χ3n) is 4.95. The number of carbonyl (C=O) groups is 2. The van der Waals surface area contributed by atoms with E-state index in [1.807, 2.05) is 0 Å². The van der Waals surface area contributed by atoms with Crippen molar-refractivity contribution >= 4 is 38.2 Å². The molecule has 162 valence electrons. The van der Waals surface area contributed by atoms with Crippen molar-refractivity contribution in [2.24, 2.45) is 5.73 Å². The van der Waals surface area contributed by atoms with Crippen molar-refractivity contribution in [1.82, 2.24) is 4.57 Å². The largest absolute Gasteiger partial charge is 0.366 e. The van der Waals surface area contributed by atoms with Crippen LogP contribution < -0.4 is 11.1 Å². The molecule has 9 heteroatoms. The van der Waals surface area contributed by atoms with E-state index in [2.05, 4.69) is 5.32 Å². The number of anilines is 1. The molecule has 0 spiro atoms. The molecule has 0 unspecified atom stereocenters. The average molecular weight is 451 g/mol.